The number of hydrogen-bond acceptors (Lipinski definition) is 1. The van der Waals surface area contributed by atoms with E-state index >= 15 is 0 Å². The molecule has 0 bridgehead atoms. The van der Waals surface area contributed by atoms with Gasteiger partial charge in [-0.05, 0) is 19.3 Å². The highest BCUT2D eigenvalue weighted by Crippen LogP contribution is 2.18. The molecule has 0 fully saturated rings. The summed E-state index contributed by atoms with van der Waals surface area (Å²) in [5.74, 6) is 0.568. The molecule has 1 atom stereocenters. The molecular formula is C18H37NO. The molecule has 0 aromatic carbocycles. The van der Waals surface area contributed by atoms with Gasteiger partial charge >= 0.3 is 0 Å². The zero-order valence-electron chi connectivity index (χ0n) is 14.2. The molecule has 0 radical (unpaired) electrons. The SMILES string of the molecule is CCCCCCCCC(CCCC)C(=O)NCCCC. The second kappa shape index (κ2) is 14.9. The van der Waals surface area contributed by atoms with Gasteiger partial charge in [0.1, 0.15) is 0 Å². The zero-order chi connectivity index (χ0) is 15.1. The van der Waals surface area contributed by atoms with Gasteiger partial charge in [-0.25, -0.2) is 0 Å². The minimum atomic E-state index is 0.262. The maximum absolute atomic E-state index is 12.2. The third-order valence-electron chi connectivity index (χ3n) is 4.01. The lowest BCUT2D eigenvalue weighted by Gasteiger charge is -2.16. The van der Waals surface area contributed by atoms with Crippen molar-refractivity contribution >= 4 is 5.91 Å². The quantitative estimate of drug-likeness (QED) is 0.421. The van der Waals surface area contributed by atoms with Gasteiger partial charge in [-0.3, -0.25) is 4.79 Å². The van der Waals surface area contributed by atoms with Crippen LogP contribution in [-0.2, 0) is 4.79 Å². The molecule has 2 nitrogen and oxygen atoms in total. The molecule has 1 unspecified atom stereocenters. The smallest absolute Gasteiger partial charge is 0.223 e. The zero-order valence-corrected chi connectivity index (χ0v) is 14.2. The van der Waals surface area contributed by atoms with E-state index in [9.17, 15) is 4.79 Å². The van der Waals surface area contributed by atoms with Gasteiger partial charge in [-0.15, -0.1) is 0 Å². The Hall–Kier alpha value is -0.530. The predicted octanol–water partition coefficient (Wildman–Crippen LogP) is 5.46. The van der Waals surface area contributed by atoms with Gasteiger partial charge < -0.3 is 5.32 Å². The molecule has 120 valence electrons. The molecule has 1 N–H and O–H groups in total. The average Bonchev–Trinajstić information content (AvgIpc) is 2.46. The summed E-state index contributed by atoms with van der Waals surface area (Å²) in [6.45, 7) is 7.48. The van der Waals surface area contributed by atoms with Crippen LogP contribution in [0.1, 0.15) is 97.8 Å². The van der Waals surface area contributed by atoms with E-state index in [1.807, 2.05) is 0 Å². The number of amides is 1. The minimum Gasteiger partial charge on any atom is -0.356 e. The summed E-state index contributed by atoms with van der Waals surface area (Å²) in [5.41, 5.74) is 0. The van der Waals surface area contributed by atoms with E-state index in [4.69, 9.17) is 0 Å². The maximum Gasteiger partial charge on any atom is 0.223 e. The van der Waals surface area contributed by atoms with Crippen molar-refractivity contribution in [3.63, 3.8) is 0 Å². The van der Waals surface area contributed by atoms with Crippen LogP contribution in [0, 0.1) is 5.92 Å². The van der Waals surface area contributed by atoms with Gasteiger partial charge in [0, 0.05) is 12.5 Å². The van der Waals surface area contributed by atoms with E-state index in [1.165, 1.54) is 51.4 Å². The molecule has 2 heteroatoms. The van der Waals surface area contributed by atoms with Crippen molar-refractivity contribution in [2.45, 2.75) is 97.8 Å². The number of hydrogen-bond donors (Lipinski definition) is 1. The van der Waals surface area contributed by atoms with Gasteiger partial charge in [0.2, 0.25) is 5.91 Å². The van der Waals surface area contributed by atoms with E-state index in [0.29, 0.717) is 5.91 Å². The first-order chi connectivity index (χ1) is 9.76. The number of rotatable bonds is 14. The van der Waals surface area contributed by atoms with Crippen LogP contribution >= 0.6 is 0 Å². The normalized spacial score (nSPS) is 12.3. The van der Waals surface area contributed by atoms with Gasteiger partial charge in [0.25, 0.3) is 0 Å². The highest BCUT2D eigenvalue weighted by atomic mass is 16.1. The molecule has 0 aliphatic carbocycles. The number of carbonyl (C=O) groups excluding carboxylic acids is 1. The summed E-state index contributed by atoms with van der Waals surface area (Å²) in [6.07, 6.45) is 14.7. The number of carbonyl (C=O) groups is 1. The van der Waals surface area contributed by atoms with Crippen molar-refractivity contribution in [3.05, 3.63) is 0 Å². The van der Waals surface area contributed by atoms with Crippen LogP contribution in [-0.4, -0.2) is 12.5 Å². The Morgan fingerprint density at radius 2 is 1.30 bits per heavy atom. The first kappa shape index (κ1) is 19.5. The van der Waals surface area contributed by atoms with Gasteiger partial charge in [-0.2, -0.15) is 0 Å². The van der Waals surface area contributed by atoms with Crippen molar-refractivity contribution in [1.29, 1.82) is 0 Å². The van der Waals surface area contributed by atoms with Crippen LogP contribution in [0.15, 0.2) is 0 Å². The minimum absolute atomic E-state index is 0.262. The lowest BCUT2D eigenvalue weighted by atomic mass is 9.94. The van der Waals surface area contributed by atoms with Crippen LogP contribution in [0.25, 0.3) is 0 Å². The maximum atomic E-state index is 12.2. The fourth-order valence-corrected chi connectivity index (χ4v) is 2.56. The Morgan fingerprint density at radius 1 is 0.750 bits per heavy atom. The van der Waals surface area contributed by atoms with Crippen molar-refractivity contribution in [2.24, 2.45) is 5.92 Å². The van der Waals surface area contributed by atoms with Crippen LogP contribution in [0.4, 0.5) is 0 Å². The van der Waals surface area contributed by atoms with Crippen molar-refractivity contribution in [3.8, 4) is 0 Å². The van der Waals surface area contributed by atoms with Gasteiger partial charge in [0.15, 0.2) is 0 Å². The molecular weight excluding hydrogens is 246 g/mol. The first-order valence-electron chi connectivity index (χ1n) is 9.03. The Kier molecular flexibility index (Phi) is 14.5. The van der Waals surface area contributed by atoms with Crippen LogP contribution in [0.2, 0.25) is 0 Å². The van der Waals surface area contributed by atoms with Crippen molar-refractivity contribution in [2.75, 3.05) is 6.54 Å². The fraction of sp³-hybridized carbons (Fsp3) is 0.944. The Balaban J connectivity index is 3.85. The van der Waals surface area contributed by atoms with E-state index in [2.05, 4.69) is 26.1 Å². The molecule has 20 heavy (non-hydrogen) atoms. The Bertz CT molecular complexity index is 215. The summed E-state index contributed by atoms with van der Waals surface area (Å²) in [5, 5.41) is 3.11. The van der Waals surface area contributed by atoms with E-state index in [-0.39, 0.29) is 5.92 Å². The first-order valence-corrected chi connectivity index (χ1v) is 9.03. The molecule has 0 aromatic rings. The molecule has 0 saturated heterocycles. The lowest BCUT2D eigenvalue weighted by molar-refractivity contribution is -0.125. The van der Waals surface area contributed by atoms with Gasteiger partial charge in [0.05, 0.1) is 0 Å². The highest BCUT2D eigenvalue weighted by molar-refractivity contribution is 5.78. The van der Waals surface area contributed by atoms with Gasteiger partial charge in [-0.1, -0.05) is 78.6 Å². The Morgan fingerprint density at radius 3 is 1.95 bits per heavy atom. The van der Waals surface area contributed by atoms with E-state index in [0.717, 1.165) is 32.2 Å². The van der Waals surface area contributed by atoms with Crippen LogP contribution in [0.3, 0.4) is 0 Å². The second-order valence-corrected chi connectivity index (χ2v) is 6.04. The largest absolute Gasteiger partial charge is 0.356 e. The highest BCUT2D eigenvalue weighted by Gasteiger charge is 2.16. The fourth-order valence-electron chi connectivity index (χ4n) is 2.56. The summed E-state index contributed by atoms with van der Waals surface area (Å²) in [6, 6.07) is 0. The van der Waals surface area contributed by atoms with Crippen LogP contribution in [0.5, 0.6) is 0 Å². The lowest BCUT2D eigenvalue weighted by Crippen LogP contribution is -2.31. The van der Waals surface area contributed by atoms with Crippen molar-refractivity contribution in [1.82, 2.24) is 5.32 Å². The van der Waals surface area contributed by atoms with E-state index in [1.54, 1.807) is 0 Å². The average molecular weight is 284 g/mol. The molecule has 0 spiro atoms. The monoisotopic (exact) mass is 283 g/mol. The summed E-state index contributed by atoms with van der Waals surface area (Å²) >= 11 is 0. The molecule has 0 aliphatic heterocycles. The molecule has 0 aliphatic rings. The molecule has 1 amide bonds. The predicted molar refractivity (Wildman–Crippen MR) is 88.9 cm³/mol. The molecule has 0 heterocycles. The molecule has 0 saturated carbocycles. The summed E-state index contributed by atoms with van der Waals surface area (Å²) in [7, 11) is 0. The second-order valence-electron chi connectivity index (χ2n) is 6.04. The standard InChI is InChI=1S/C18H37NO/c1-4-7-10-11-12-13-15-17(14-8-5-2)18(20)19-16-9-6-3/h17H,4-16H2,1-3H3,(H,19,20). The van der Waals surface area contributed by atoms with Crippen molar-refractivity contribution < 1.29 is 4.79 Å². The summed E-state index contributed by atoms with van der Waals surface area (Å²) in [4.78, 5) is 12.2. The van der Waals surface area contributed by atoms with E-state index < -0.39 is 0 Å². The van der Waals surface area contributed by atoms with Crippen LogP contribution < -0.4 is 5.32 Å². The third kappa shape index (κ3) is 11.3. The molecule has 0 rings (SSSR count). The number of nitrogens with one attached hydrogen (secondary N) is 1. The molecule has 0 aromatic heterocycles. The number of unbranched alkanes of at least 4 members (excludes halogenated alkanes) is 7. The summed E-state index contributed by atoms with van der Waals surface area (Å²) < 4.78 is 0. The topological polar surface area (TPSA) is 29.1 Å². The third-order valence-corrected chi connectivity index (χ3v) is 4.01. The Labute approximate surface area is 127 Å².